The molecule has 1 N–H and O–H groups in total. The van der Waals surface area contributed by atoms with Gasteiger partial charge in [-0.25, -0.2) is 4.39 Å². The maximum absolute atomic E-state index is 13.1. The van der Waals surface area contributed by atoms with Crippen molar-refractivity contribution in [3.63, 3.8) is 0 Å². The Labute approximate surface area is 113 Å². The van der Waals surface area contributed by atoms with Crippen molar-refractivity contribution in [2.45, 2.75) is 9.92 Å². The monoisotopic (exact) mass is 271 g/mol. The molecule has 1 aromatic heterocycles. The van der Waals surface area contributed by atoms with Gasteiger partial charge in [0.05, 0.1) is 5.03 Å². The van der Waals surface area contributed by atoms with Crippen LogP contribution in [0.5, 0.6) is 0 Å². The number of aldehydes is 1. The summed E-state index contributed by atoms with van der Waals surface area (Å²) in [7, 11) is 0. The number of H-pyrrole nitrogens is 1. The molecule has 0 radical (unpaired) electrons. The Bertz CT molecular complexity index is 718. The number of benzene rings is 2. The minimum atomic E-state index is -0.400. The third-order valence-corrected chi connectivity index (χ3v) is 3.86. The summed E-state index contributed by atoms with van der Waals surface area (Å²) in [5, 5.41) is 2.04. The van der Waals surface area contributed by atoms with E-state index in [1.165, 1.54) is 23.9 Å². The molecule has 0 fully saturated rings. The van der Waals surface area contributed by atoms with E-state index in [2.05, 4.69) is 4.98 Å². The highest BCUT2D eigenvalue weighted by atomic mass is 32.2. The van der Waals surface area contributed by atoms with Crippen LogP contribution in [0.25, 0.3) is 10.9 Å². The van der Waals surface area contributed by atoms with Gasteiger partial charge in [-0.15, -0.1) is 0 Å². The largest absolute Gasteiger partial charge is 0.349 e. The van der Waals surface area contributed by atoms with Crippen LogP contribution in [0, 0.1) is 5.82 Å². The number of rotatable bonds is 3. The average Bonchev–Trinajstić information content (AvgIpc) is 2.83. The summed E-state index contributed by atoms with van der Waals surface area (Å²) < 4.78 is 13.1. The van der Waals surface area contributed by atoms with Gasteiger partial charge in [-0.3, -0.25) is 4.79 Å². The highest BCUT2D eigenvalue weighted by Gasteiger charge is 2.07. The molecule has 2 nitrogen and oxygen atoms in total. The summed E-state index contributed by atoms with van der Waals surface area (Å²) in [6, 6.07) is 14.2. The SMILES string of the molecule is O=Cc1cc(F)ccc1Sc1cc2ccccc2[nH]1. The predicted octanol–water partition coefficient (Wildman–Crippen LogP) is 4.27. The van der Waals surface area contributed by atoms with Crippen LogP contribution in [0.2, 0.25) is 0 Å². The first-order valence-electron chi connectivity index (χ1n) is 5.76. The normalized spacial score (nSPS) is 10.8. The molecule has 0 bridgehead atoms. The average molecular weight is 271 g/mol. The van der Waals surface area contributed by atoms with Crippen LogP contribution in [0.15, 0.2) is 58.5 Å². The smallest absolute Gasteiger partial charge is 0.151 e. The quantitative estimate of drug-likeness (QED) is 0.721. The first-order valence-corrected chi connectivity index (χ1v) is 6.58. The molecule has 0 amide bonds. The van der Waals surface area contributed by atoms with Gasteiger partial charge in [-0.2, -0.15) is 0 Å². The number of carbonyl (C=O) groups excluding carboxylic acids is 1. The van der Waals surface area contributed by atoms with E-state index in [-0.39, 0.29) is 0 Å². The number of para-hydroxylation sites is 1. The van der Waals surface area contributed by atoms with Crippen LogP contribution in [0.1, 0.15) is 10.4 Å². The Balaban J connectivity index is 1.98. The molecular weight excluding hydrogens is 261 g/mol. The van der Waals surface area contributed by atoms with Crippen molar-refractivity contribution >= 4 is 29.0 Å². The Morgan fingerprint density at radius 1 is 1.11 bits per heavy atom. The van der Waals surface area contributed by atoms with E-state index in [0.717, 1.165) is 20.8 Å². The van der Waals surface area contributed by atoms with E-state index in [9.17, 15) is 9.18 Å². The van der Waals surface area contributed by atoms with Gasteiger partial charge >= 0.3 is 0 Å². The Hall–Kier alpha value is -2.07. The summed E-state index contributed by atoms with van der Waals surface area (Å²) in [6.45, 7) is 0. The van der Waals surface area contributed by atoms with Crippen molar-refractivity contribution in [2.24, 2.45) is 0 Å². The molecule has 0 saturated carbocycles. The summed E-state index contributed by atoms with van der Waals surface area (Å²) in [6.07, 6.45) is 0.675. The molecule has 0 aliphatic rings. The molecule has 1 heterocycles. The van der Waals surface area contributed by atoms with Crippen LogP contribution in [-0.2, 0) is 0 Å². The zero-order valence-corrected chi connectivity index (χ0v) is 10.7. The van der Waals surface area contributed by atoms with Crippen molar-refractivity contribution in [3.05, 3.63) is 59.9 Å². The molecule has 2 aromatic carbocycles. The minimum absolute atomic E-state index is 0.364. The lowest BCUT2D eigenvalue weighted by Gasteiger charge is -2.02. The predicted molar refractivity (Wildman–Crippen MR) is 74.2 cm³/mol. The van der Waals surface area contributed by atoms with Crippen molar-refractivity contribution < 1.29 is 9.18 Å². The second kappa shape index (κ2) is 4.90. The summed E-state index contributed by atoms with van der Waals surface area (Å²) in [5.74, 6) is -0.400. The van der Waals surface area contributed by atoms with Crippen LogP contribution in [0.4, 0.5) is 4.39 Å². The van der Waals surface area contributed by atoms with Crippen LogP contribution in [0.3, 0.4) is 0 Å². The van der Waals surface area contributed by atoms with Gasteiger partial charge in [0.15, 0.2) is 6.29 Å². The molecule has 19 heavy (non-hydrogen) atoms. The van der Waals surface area contributed by atoms with Crippen LogP contribution < -0.4 is 0 Å². The first kappa shape index (κ1) is 12.0. The summed E-state index contributed by atoms with van der Waals surface area (Å²) in [5.41, 5.74) is 1.41. The maximum Gasteiger partial charge on any atom is 0.151 e. The summed E-state index contributed by atoms with van der Waals surface area (Å²) in [4.78, 5) is 15.0. The molecular formula is C15H10FNOS. The lowest BCUT2D eigenvalue weighted by atomic mass is 10.2. The fourth-order valence-electron chi connectivity index (χ4n) is 1.92. The second-order valence-corrected chi connectivity index (χ2v) is 5.21. The minimum Gasteiger partial charge on any atom is -0.349 e. The van der Waals surface area contributed by atoms with Crippen molar-refractivity contribution in [1.82, 2.24) is 4.98 Å². The number of aromatic amines is 1. The zero-order valence-electron chi connectivity index (χ0n) is 9.89. The highest BCUT2D eigenvalue weighted by molar-refractivity contribution is 7.99. The Morgan fingerprint density at radius 3 is 2.74 bits per heavy atom. The lowest BCUT2D eigenvalue weighted by molar-refractivity contribution is 0.112. The molecule has 3 rings (SSSR count). The van der Waals surface area contributed by atoms with E-state index in [1.54, 1.807) is 6.07 Å². The van der Waals surface area contributed by atoms with Gasteiger partial charge in [0, 0.05) is 21.4 Å². The van der Waals surface area contributed by atoms with E-state index >= 15 is 0 Å². The molecule has 94 valence electrons. The van der Waals surface area contributed by atoms with Crippen molar-refractivity contribution in [3.8, 4) is 0 Å². The first-order chi connectivity index (χ1) is 9.26. The number of hydrogen-bond acceptors (Lipinski definition) is 2. The topological polar surface area (TPSA) is 32.9 Å². The van der Waals surface area contributed by atoms with Crippen molar-refractivity contribution in [1.29, 1.82) is 0 Å². The van der Waals surface area contributed by atoms with Gasteiger partial charge in [0.1, 0.15) is 5.82 Å². The molecule has 0 spiro atoms. The Morgan fingerprint density at radius 2 is 1.95 bits per heavy atom. The Kier molecular flexibility index (Phi) is 3.09. The fraction of sp³-hybridized carbons (Fsp3) is 0. The molecule has 0 aliphatic carbocycles. The number of nitrogens with one attached hydrogen (secondary N) is 1. The van der Waals surface area contributed by atoms with Crippen LogP contribution in [-0.4, -0.2) is 11.3 Å². The number of carbonyl (C=O) groups is 1. The van der Waals surface area contributed by atoms with Gasteiger partial charge < -0.3 is 4.98 Å². The number of fused-ring (bicyclic) bond motifs is 1. The highest BCUT2D eigenvalue weighted by Crippen LogP contribution is 2.31. The fourth-order valence-corrected chi connectivity index (χ4v) is 2.87. The summed E-state index contributed by atoms with van der Waals surface area (Å²) >= 11 is 1.42. The van der Waals surface area contributed by atoms with E-state index in [1.807, 2.05) is 30.3 Å². The molecule has 3 aromatic rings. The maximum atomic E-state index is 13.1. The van der Waals surface area contributed by atoms with E-state index in [0.29, 0.717) is 11.8 Å². The third kappa shape index (κ3) is 2.39. The molecule has 4 heteroatoms. The van der Waals surface area contributed by atoms with Gasteiger partial charge in [0.2, 0.25) is 0 Å². The standard InChI is InChI=1S/C15H10FNOS/c16-12-5-6-14(11(7-12)9-18)19-15-8-10-3-1-2-4-13(10)17-15/h1-9,17H. The third-order valence-electron chi connectivity index (χ3n) is 2.82. The molecule has 0 saturated heterocycles. The zero-order chi connectivity index (χ0) is 13.2. The molecule has 0 atom stereocenters. The van der Waals surface area contributed by atoms with Crippen molar-refractivity contribution in [2.75, 3.05) is 0 Å². The van der Waals surface area contributed by atoms with Gasteiger partial charge in [-0.1, -0.05) is 30.0 Å². The van der Waals surface area contributed by atoms with Gasteiger partial charge in [-0.05, 0) is 30.3 Å². The number of halogens is 1. The molecule has 0 aliphatic heterocycles. The number of aromatic nitrogens is 1. The van der Waals surface area contributed by atoms with Crippen LogP contribution >= 0.6 is 11.8 Å². The number of hydrogen-bond donors (Lipinski definition) is 1. The lowest BCUT2D eigenvalue weighted by Crippen LogP contribution is -1.87. The van der Waals surface area contributed by atoms with E-state index in [4.69, 9.17) is 0 Å². The van der Waals surface area contributed by atoms with E-state index < -0.39 is 5.82 Å². The van der Waals surface area contributed by atoms with Gasteiger partial charge in [0.25, 0.3) is 0 Å². The second-order valence-electron chi connectivity index (χ2n) is 4.12. The molecule has 0 unspecified atom stereocenters.